The van der Waals surface area contributed by atoms with Crippen molar-refractivity contribution < 1.29 is 23.5 Å². The Balaban J connectivity index is 1.44. The number of ether oxygens (including phenoxy) is 2. The maximum absolute atomic E-state index is 15.1. The molecule has 1 aromatic heterocycles. The maximum atomic E-state index is 15.1. The fraction of sp³-hybridized carbons (Fsp3) is 0.237. The molecule has 232 valence electrons. The number of rotatable bonds is 7. The molecular weight excluding hydrogens is 580 g/mol. The van der Waals surface area contributed by atoms with Crippen LogP contribution in [0.1, 0.15) is 49.5 Å². The molecule has 2 amide bonds. The Morgan fingerprint density at radius 1 is 0.783 bits per heavy atom. The molecule has 1 unspecified atom stereocenters. The third-order valence-electron chi connectivity index (χ3n) is 9.51. The predicted octanol–water partition coefficient (Wildman–Crippen LogP) is 6.22. The SMILES string of the molecule is COc1ccc(CCN2C(=O)c3oc4cc(C)c(C)cc4c(=O)c3C23C(=O)N(Cc2ccccc2C)c2ccccc23)cc1OC. The van der Waals surface area contributed by atoms with Gasteiger partial charge in [0.15, 0.2) is 22.5 Å². The van der Waals surface area contributed by atoms with Gasteiger partial charge in [-0.1, -0.05) is 48.5 Å². The van der Waals surface area contributed by atoms with Gasteiger partial charge in [0, 0.05) is 12.1 Å². The van der Waals surface area contributed by atoms with E-state index in [0.717, 1.165) is 27.8 Å². The summed E-state index contributed by atoms with van der Waals surface area (Å²) < 4.78 is 17.2. The lowest BCUT2D eigenvalue weighted by Gasteiger charge is -2.34. The summed E-state index contributed by atoms with van der Waals surface area (Å²) in [7, 11) is 3.14. The van der Waals surface area contributed by atoms with Crippen LogP contribution in [0.4, 0.5) is 5.69 Å². The Hall–Kier alpha value is -5.37. The van der Waals surface area contributed by atoms with E-state index in [9.17, 15) is 9.59 Å². The number of hydrogen-bond acceptors (Lipinski definition) is 6. The number of methoxy groups -OCH3 is 2. The van der Waals surface area contributed by atoms with E-state index in [4.69, 9.17) is 13.9 Å². The number of aryl methyl sites for hydroxylation is 3. The number of carbonyl (C=O) groups is 2. The molecule has 2 aliphatic rings. The minimum Gasteiger partial charge on any atom is -0.493 e. The lowest BCUT2D eigenvalue weighted by atomic mass is 9.83. The summed E-state index contributed by atoms with van der Waals surface area (Å²) >= 11 is 0. The molecule has 2 aliphatic heterocycles. The zero-order valence-electron chi connectivity index (χ0n) is 26.5. The fourth-order valence-corrected chi connectivity index (χ4v) is 6.94. The first-order valence-corrected chi connectivity index (χ1v) is 15.3. The van der Waals surface area contributed by atoms with Gasteiger partial charge < -0.3 is 23.7 Å². The van der Waals surface area contributed by atoms with E-state index in [1.807, 2.05) is 87.5 Å². The lowest BCUT2D eigenvalue weighted by molar-refractivity contribution is -0.126. The number of fused-ring (bicyclic) bond motifs is 5. The molecule has 1 atom stereocenters. The Morgan fingerprint density at radius 3 is 2.26 bits per heavy atom. The molecule has 0 aliphatic carbocycles. The van der Waals surface area contributed by atoms with E-state index in [2.05, 4.69) is 0 Å². The van der Waals surface area contributed by atoms with E-state index in [1.165, 1.54) is 4.90 Å². The molecule has 46 heavy (non-hydrogen) atoms. The first-order valence-electron chi connectivity index (χ1n) is 15.3. The van der Waals surface area contributed by atoms with Crippen LogP contribution < -0.4 is 19.8 Å². The quantitative estimate of drug-likeness (QED) is 0.216. The number of benzene rings is 4. The van der Waals surface area contributed by atoms with Gasteiger partial charge in [-0.15, -0.1) is 0 Å². The molecule has 1 spiro atoms. The molecule has 0 saturated carbocycles. The van der Waals surface area contributed by atoms with Crippen LogP contribution in [0, 0.1) is 20.8 Å². The molecule has 4 aromatic carbocycles. The highest BCUT2D eigenvalue weighted by atomic mass is 16.5. The highest BCUT2D eigenvalue weighted by molar-refractivity contribution is 6.17. The summed E-state index contributed by atoms with van der Waals surface area (Å²) in [5.41, 5.74) is 4.32. The van der Waals surface area contributed by atoms with Crippen LogP contribution >= 0.6 is 0 Å². The van der Waals surface area contributed by atoms with E-state index in [-0.39, 0.29) is 35.7 Å². The molecule has 0 fully saturated rings. The minimum absolute atomic E-state index is 0.0744. The van der Waals surface area contributed by atoms with Crippen LogP contribution in [0.5, 0.6) is 11.5 Å². The summed E-state index contributed by atoms with van der Waals surface area (Å²) in [6.07, 6.45) is 0.390. The Bertz CT molecular complexity index is 2130. The van der Waals surface area contributed by atoms with Gasteiger partial charge >= 0.3 is 0 Å². The summed E-state index contributed by atoms with van der Waals surface area (Å²) in [4.78, 5) is 47.5. The zero-order chi connectivity index (χ0) is 32.3. The largest absolute Gasteiger partial charge is 0.493 e. The molecule has 0 saturated heterocycles. The summed E-state index contributed by atoms with van der Waals surface area (Å²) in [6, 6.07) is 24.5. The molecule has 0 radical (unpaired) electrons. The van der Waals surface area contributed by atoms with Crippen molar-refractivity contribution in [3.8, 4) is 11.5 Å². The molecule has 0 N–H and O–H groups in total. The number of hydrogen-bond donors (Lipinski definition) is 0. The van der Waals surface area contributed by atoms with Crippen molar-refractivity contribution in [3.05, 3.63) is 134 Å². The molecule has 8 nitrogen and oxygen atoms in total. The van der Waals surface area contributed by atoms with E-state index < -0.39 is 11.4 Å². The summed E-state index contributed by atoms with van der Waals surface area (Å²) in [6.45, 7) is 6.30. The number of amides is 2. The van der Waals surface area contributed by atoms with Crippen molar-refractivity contribution in [2.45, 2.75) is 39.3 Å². The first kappa shape index (κ1) is 29.3. The van der Waals surface area contributed by atoms with Crippen LogP contribution in [0.3, 0.4) is 0 Å². The lowest BCUT2D eigenvalue weighted by Crippen LogP contribution is -2.53. The van der Waals surface area contributed by atoms with Gasteiger partial charge in [-0.3, -0.25) is 14.4 Å². The fourth-order valence-electron chi connectivity index (χ4n) is 6.94. The van der Waals surface area contributed by atoms with Gasteiger partial charge in [0.05, 0.1) is 37.4 Å². The second-order valence-electron chi connectivity index (χ2n) is 12.0. The van der Waals surface area contributed by atoms with Crippen molar-refractivity contribution in [2.75, 3.05) is 25.7 Å². The monoisotopic (exact) mass is 614 g/mol. The number of carbonyl (C=O) groups excluding carboxylic acids is 2. The third-order valence-corrected chi connectivity index (χ3v) is 9.51. The zero-order valence-corrected chi connectivity index (χ0v) is 26.5. The molecular formula is C38H34N2O6. The highest BCUT2D eigenvalue weighted by Crippen LogP contribution is 2.53. The van der Waals surface area contributed by atoms with Gasteiger partial charge in [0.1, 0.15) is 5.58 Å². The highest BCUT2D eigenvalue weighted by Gasteiger charge is 2.64. The first-order chi connectivity index (χ1) is 22.2. The standard InChI is InChI=1S/C38H34N2O6/c1-22-10-6-7-11-26(22)21-39-29-13-9-8-12-28(29)38(37(39)43)33-34(41)27-18-23(2)24(3)19-31(27)46-35(33)36(42)40(38)17-16-25-14-15-30(44-4)32(20-25)45-5/h6-15,18-20H,16-17,21H2,1-5H3. The van der Waals surface area contributed by atoms with Gasteiger partial charge in [-0.05, 0) is 85.3 Å². The maximum Gasteiger partial charge on any atom is 0.291 e. The van der Waals surface area contributed by atoms with Gasteiger partial charge in [-0.25, -0.2) is 0 Å². The van der Waals surface area contributed by atoms with Crippen LogP contribution in [-0.2, 0) is 23.3 Å². The number of para-hydroxylation sites is 1. The average molecular weight is 615 g/mol. The summed E-state index contributed by atoms with van der Waals surface area (Å²) in [5.74, 6) is 0.215. The van der Waals surface area contributed by atoms with E-state index in [1.54, 1.807) is 31.3 Å². The molecule has 7 rings (SSSR count). The van der Waals surface area contributed by atoms with E-state index >= 15 is 4.79 Å². The van der Waals surface area contributed by atoms with Crippen LogP contribution in [-0.4, -0.2) is 37.5 Å². The van der Waals surface area contributed by atoms with Crippen LogP contribution in [0.2, 0.25) is 0 Å². The second-order valence-corrected chi connectivity index (χ2v) is 12.0. The molecule has 8 heteroatoms. The normalized spacial score (nSPS) is 16.8. The van der Waals surface area contributed by atoms with Crippen molar-refractivity contribution in [1.29, 1.82) is 0 Å². The van der Waals surface area contributed by atoms with Crippen molar-refractivity contribution in [2.24, 2.45) is 0 Å². The van der Waals surface area contributed by atoms with Gasteiger partial charge in [0.2, 0.25) is 5.76 Å². The molecule has 0 bridgehead atoms. The Kier molecular flexibility index (Phi) is 6.96. The third kappa shape index (κ3) is 4.16. The van der Waals surface area contributed by atoms with Crippen LogP contribution in [0.25, 0.3) is 11.0 Å². The Morgan fingerprint density at radius 2 is 1.50 bits per heavy atom. The van der Waals surface area contributed by atoms with Crippen molar-refractivity contribution in [3.63, 3.8) is 0 Å². The van der Waals surface area contributed by atoms with Crippen LogP contribution in [0.15, 0.2) is 88.1 Å². The second kappa shape index (κ2) is 10.9. The van der Waals surface area contributed by atoms with Crippen molar-refractivity contribution >= 4 is 28.5 Å². The molecule has 3 heterocycles. The Labute approximate surface area is 266 Å². The van der Waals surface area contributed by atoms with Gasteiger partial charge in [-0.2, -0.15) is 0 Å². The van der Waals surface area contributed by atoms with Crippen molar-refractivity contribution in [1.82, 2.24) is 4.90 Å². The number of nitrogens with zero attached hydrogens (tertiary/aromatic N) is 2. The predicted molar refractivity (Wildman–Crippen MR) is 176 cm³/mol. The topological polar surface area (TPSA) is 89.3 Å². The van der Waals surface area contributed by atoms with E-state index in [0.29, 0.717) is 40.1 Å². The van der Waals surface area contributed by atoms with Gasteiger partial charge in [0.25, 0.3) is 11.8 Å². The minimum atomic E-state index is -1.70. The number of anilines is 1. The smallest absolute Gasteiger partial charge is 0.291 e. The molecule has 5 aromatic rings. The average Bonchev–Trinajstić information content (AvgIpc) is 3.45. The summed E-state index contributed by atoms with van der Waals surface area (Å²) in [5, 5.41) is 0.346.